The molecule has 0 aromatic heterocycles. The average Bonchev–Trinajstić information content (AvgIpc) is 2.40. The Kier molecular flexibility index (Phi) is 3.04. The molecule has 0 saturated carbocycles. The molecule has 0 spiro atoms. The van der Waals surface area contributed by atoms with Crippen LogP contribution in [0.25, 0.3) is 0 Å². The van der Waals surface area contributed by atoms with E-state index in [1.807, 2.05) is 6.07 Å². The van der Waals surface area contributed by atoms with Gasteiger partial charge in [-0.15, -0.1) is 0 Å². The Bertz CT molecular complexity index is 399. The second-order valence-electron chi connectivity index (χ2n) is 4.96. The van der Waals surface area contributed by atoms with Crippen LogP contribution in [0.4, 0.5) is 0 Å². The fourth-order valence-electron chi connectivity index (χ4n) is 3.01. The van der Waals surface area contributed by atoms with Gasteiger partial charge in [-0.3, -0.25) is 4.90 Å². The van der Waals surface area contributed by atoms with Gasteiger partial charge in [-0.25, -0.2) is 0 Å². The van der Waals surface area contributed by atoms with E-state index in [1.165, 1.54) is 12.0 Å². The normalized spacial score (nSPS) is 25.5. The zero-order valence-corrected chi connectivity index (χ0v) is 10.1. The molecular weight excluding hydrogens is 214 g/mol. The summed E-state index contributed by atoms with van der Waals surface area (Å²) < 4.78 is 5.39. The van der Waals surface area contributed by atoms with Crippen LogP contribution < -0.4 is 0 Å². The number of morpholine rings is 1. The fraction of sp³-hybridized carbons (Fsp3) is 0.571. The van der Waals surface area contributed by atoms with Crippen molar-refractivity contribution in [3.63, 3.8) is 0 Å². The van der Waals surface area contributed by atoms with E-state index in [-0.39, 0.29) is 0 Å². The van der Waals surface area contributed by atoms with E-state index in [2.05, 4.69) is 11.0 Å². The summed E-state index contributed by atoms with van der Waals surface area (Å²) in [5.74, 6) is 0.473. The standard InChI is InChI=1S/C14H19NO2/c16-14-3-1-2-11-4-5-12(10-13(11)14)15-6-8-17-9-7-15/h1-3,12,16H,4-10H2/t12-/m1/s1. The summed E-state index contributed by atoms with van der Waals surface area (Å²) in [6.45, 7) is 3.77. The van der Waals surface area contributed by atoms with Crippen molar-refractivity contribution in [1.29, 1.82) is 0 Å². The first kappa shape index (κ1) is 11.1. The monoisotopic (exact) mass is 233 g/mol. The van der Waals surface area contributed by atoms with Gasteiger partial charge in [0.2, 0.25) is 0 Å². The number of rotatable bonds is 1. The van der Waals surface area contributed by atoms with Crippen LogP contribution in [0.1, 0.15) is 17.5 Å². The number of phenols is 1. The van der Waals surface area contributed by atoms with Crippen LogP contribution in [0.3, 0.4) is 0 Å². The number of fused-ring (bicyclic) bond motifs is 1. The molecule has 3 heteroatoms. The number of phenolic OH excluding ortho intramolecular Hbond substituents is 1. The van der Waals surface area contributed by atoms with Crippen LogP contribution in [0.2, 0.25) is 0 Å². The first-order valence-electron chi connectivity index (χ1n) is 6.46. The molecule has 0 radical (unpaired) electrons. The minimum Gasteiger partial charge on any atom is -0.508 e. The molecule has 1 heterocycles. The molecular formula is C14H19NO2. The Labute approximate surface area is 102 Å². The van der Waals surface area contributed by atoms with E-state index in [0.29, 0.717) is 11.8 Å². The molecule has 92 valence electrons. The molecule has 0 bridgehead atoms. The molecule has 17 heavy (non-hydrogen) atoms. The molecule has 0 unspecified atom stereocenters. The number of benzene rings is 1. The predicted molar refractivity (Wildman–Crippen MR) is 66.3 cm³/mol. The van der Waals surface area contributed by atoms with Crippen LogP contribution >= 0.6 is 0 Å². The third-order valence-electron chi connectivity index (χ3n) is 4.00. The lowest BCUT2D eigenvalue weighted by Gasteiger charge is -2.37. The first-order chi connectivity index (χ1) is 8.34. The number of hydrogen-bond acceptors (Lipinski definition) is 3. The van der Waals surface area contributed by atoms with E-state index in [0.717, 1.165) is 44.7 Å². The molecule has 3 rings (SSSR count). The smallest absolute Gasteiger partial charge is 0.119 e. The maximum Gasteiger partial charge on any atom is 0.119 e. The minimum atomic E-state index is 0.473. The van der Waals surface area contributed by atoms with Gasteiger partial charge in [-0.05, 0) is 36.5 Å². The lowest BCUT2D eigenvalue weighted by atomic mass is 9.87. The Morgan fingerprint density at radius 2 is 2.06 bits per heavy atom. The van der Waals surface area contributed by atoms with Crippen LogP contribution in [0.15, 0.2) is 18.2 Å². The Morgan fingerprint density at radius 3 is 2.88 bits per heavy atom. The lowest BCUT2D eigenvalue weighted by molar-refractivity contribution is 0.0136. The van der Waals surface area contributed by atoms with Gasteiger partial charge in [0.1, 0.15) is 5.75 Å². The molecule has 1 aromatic carbocycles. The highest BCUT2D eigenvalue weighted by Crippen LogP contribution is 2.30. The van der Waals surface area contributed by atoms with Crippen LogP contribution in [0.5, 0.6) is 5.75 Å². The van der Waals surface area contributed by atoms with Gasteiger partial charge < -0.3 is 9.84 Å². The zero-order chi connectivity index (χ0) is 11.7. The quantitative estimate of drug-likeness (QED) is 0.799. The average molecular weight is 233 g/mol. The topological polar surface area (TPSA) is 32.7 Å². The summed E-state index contributed by atoms with van der Waals surface area (Å²) in [5, 5.41) is 9.93. The second-order valence-corrected chi connectivity index (χ2v) is 4.96. The molecule has 1 aliphatic carbocycles. The molecule has 0 amide bonds. The van der Waals surface area contributed by atoms with E-state index in [1.54, 1.807) is 6.07 Å². The van der Waals surface area contributed by atoms with Crippen molar-refractivity contribution in [2.24, 2.45) is 0 Å². The molecule has 1 atom stereocenters. The van der Waals surface area contributed by atoms with Crippen LogP contribution in [0, 0.1) is 0 Å². The second kappa shape index (κ2) is 4.67. The number of nitrogens with zero attached hydrogens (tertiary/aromatic N) is 1. The summed E-state index contributed by atoms with van der Waals surface area (Å²) in [4.78, 5) is 2.51. The maximum absolute atomic E-state index is 9.93. The summed E-state index contributed by atoms with van der Waals surface area (Å²) in [7, 11) is 0. The predicted octanol–water partition coefficient (Wildman–Crippen LogP) is 1.58. The maximum atomic E-state index is 9.93. The van der Waals surface area contributed by atoms with E-state index in [4.69, 9.17) is 4.74 Å². The minimum absolute atomic E-state index is 0.473. The van der Waals surface area contributed by atoms with Crippen molar-refractivity contribution < 1.29 is 9.84 Å². The van der Waals surface area contributed by atoms with Gasteiger partial charge in [0.25, 0.3) is 0 Å². The third-order valence-corrected chi connectivity index (χ3v) is 4.00. The highest BCUT2D eigenvalue weighted by Gasteiger charge is 2.26. The van der Waals surface area contributed by atoms with Crippen molar-refractivity contribution in [2.75, 3.05) is 26.3 Å². The van der Waals surface area contributed by atoms with E-state index < -0.39 is 0 Å². The SMILES string of the molecule is Oc1cccc2c1C[C@H](N1CCOCC1)CC2. The van der Waals surface area contributed by atoms with Crippen LogP contribution in [-0.2, 0) is 17.6 Å². The summed E-state index contributed by atoms with van der Waals surface area (Å²) in [5.41, 5.74) is 2.49. The lowest BCUT2D eigenvalue weighted by Crippen LogP contribution is -2.45. The van der Waals surface area contributed by atoms with Gasteiger partial charge in [0, 0.05) is 19.1 Å². The summed E-state index contributed by atoms with van der Waals surface area (Å²) in [6, 6.07) is 6.48. The highest BCUT2D eigenvalue weighted by atomic mass is 16.5. The van der Waals surface area contributed by atoms with Crippen molar-refractivity contribution >= 4 is 0 Å². The van der Waals surface area contributed by atoms with Crippen molar-refractivity contribution in [1.82, 2.24) is 4.90 Å². The largest absolute Gasteiger partial charge is 0.508 e. The first-order valence-corrected chi connectivity index (χ1v) is 6.46. The van der Waals surface area contributed by atoms with Gasteiger partial charge in [-0.2, -0.15) is 0 Å². The van der Waals surface area contributed by atoms with Crippen molar-refractivity contribution in [2.45, 2.75) is 25.3 Å². The third kappa shape index (κ3) is 2.17. The van der Waals surface area contributed by atoms with E-state index in [9.17, 15) is 5.11 Å². The molecule has 2 aliphatic rings. The number of aromatic hydroxyl groups is 1. The van der Waals surface area contributed by atoms with Crippen LogP contribution in [-0.4, -0.2) is 42.4 Å². The summed E-state index contributed by atoms with van der Waals surface area (Å²) >= 11 is 0. The Morgan fingerprint density at radius 1 is 1.24 bits per heavy atom. The highest BCUT2D eigenvalue weighted by molar-refractivity contribution is 5.41. The van der Waals surface area contributed by atoms with Gasteiger partial charge in [0.15, 0.2) is 0 Å². The molecule has 3 nitrogen and oxygen atoms in total. The van der Waals surface area contributed by atoms with Crippen molar-refractivity contribution in [3.8, 4) is 5.75 Å². The Hall–Kier alpha value is -1.06. The molecule has 1 aromatic rings. The molecule has 1 fully saturated rings. The number of aryl methyl sites for hydroxylation is 1. The molecule has 1 aliphatic heterocycles. The number of ether oxygens (including phenoxy) is 1. The van der Waals surface area contributed by atoms with Gasteiger partial charge >= 0.3 is 0 Å². The zero-order valence-electron chi connectivity index (χ0n) is 10.1. The van der Waals surface area contributed by atoms with E-state index >= 15 is 0 Å². The molecule has 1 saturated heterocycles. The number of hydrogen-bond donors (Lipinski definition) is 1. The summed E-state index contributed by atoms with van der Waals surface area (Å²) in [6.07, 6.45) is 3.28. The van der Waals surface area contributed by atoms with Gasteiger partial charge in [-0.1, -0.05) is 12.1 Å². The van der Waals surface area contributed by atoms with Gasteiger partial charge in [0.05, 0.1) is 13.2 Å². The fourth-order valence-corrected chi connectivity index (χ4v) is 3.01. The molecule has 1 N–H and O–H groups in total. The Balaban J connectivity index is 1.77. The van der Waals surface area contributed by atoms with Crippen molar-refractivity contribution in [3.05, 3.63) is 29.3 Å².